The first kappa shape index (κ1) is 34.6. The minimum atomic E-state index is -0.109. The van der Waals surface area contributed by atoms with Crippen LogP contribution in [0.2, 0.25) is 0 Å². The van der Waals surface area contributed by atoms with Crippen molar-refractivity contribution in [1.82, 2.24) is 0 Å². The molecular formula is C39H60O6. The summed E-state index contributed by atoms with van der Waals surface area (Å²) in [4.78, 5) is 0. The van der Waals surface area contributed by atoms with Gasteiger partial charge in [0.25, 0.3) is 0 Å². The summed E-state index contributed by atoms with van der Waals surface area (Å²) < 4.78 is 39.1. The third kappa shape index (κ3) is 8.43. The lowest BCUT2D eigenvalue weighted by atomic mass is 9.78. The van der Waals surface area contributed by atoms with Crippen LogP contribution in [0.15, 0.2) is 48.6 Å². The number of hydrogen-bond donors (Lipinski definition) is 0. The fourth-order valence-electron chi connectivity index (χ4n) is 8.24. The Morgan fingerprint density at radius 1 is 0.800 bits per heavy atom. The zero-order valence-corrected chi connectivity index (χ0v) is 28.9. The predicted molar refractivity (Wildman–Crippen MR) is 180 cm³/mol. The molecule has 3 unspecified atom stereocenters. The molecular weight excluding hydrogens is 564 g/mol. The van der Waals surface area contributed by atoms with Crippen LogP contribution in [0.1, 0.15) is 104 Å². The lowest BCUT2D eigenvalue weighted by Gasteiger charge is -2.51. The van der Waals surface area contributed by atoms with E-state index in [0.29, 0.717) is 24.5 Å². The Labute approximate surface area is 273 Å². The summed E-state index contributed by atoms with van der Waals surface area (Å²) >= 11 is 0. The Balaban J connectivity index is 1.27. The molecule has 0 radical (unpaired) electrons. The van der Waals surface area contributed by atoms with Gasteiger partial charge in [-0.1, -0.05) is 72.8 Å². The van der Waals surface area contributed by atoms with Crippen molar-refractivity contribution in [2.45, 2.75) is 160 Å². The number of rotatable bonds is 13. The van der Waals surface area contributed by atoms with Crippen molar-refractivity contribution in [3.05, 3.63) is 54.1 Å². The van der Waals surface area contributed by atoms with E-state index < -0.39 is 0 Å². The summed E-state index contributed by atoms with van der Waals surface area (Å²) in [6.07, 6.45) is 11.0. The molecule has 0 bridgehead atoms. The molecule has 4 fully saturated rings. The first-order valence-electron chi connectivity index (χ1n) is 17.9. The van der Waals surface area contributed by atoms with Crippen molar-refractivity contribution in [3.8, 4) is 5.75 Å². The smallest absolute Gasteiger partial charge is 0.118 e. The lowest BCUT2D eigenvalue weighted by Crippen LogP contribution is -2.59. The van der Waals surface area contributed by atoms with E-state index in [1.807, 2.05) is 12.1 Å². The second-order valence-electron chi connectivity index (χ2n) is 14.5. The Morgan fingerprint density at radius 2 is 1.53 bits per heavy atom. The Kier molecular flexibility index (Phi) is 12.3. The predicted octanol–water partition coefficient (Wildman–Crippen LogP) is 8.61. The van der Waals surface area contributed by atoms with Crippen molar-refractivity contribution in [3.63, 3.8) is 0 Å². The van der Waals surface area contributed by atoms with Crippen LogP contribution >= 0.6 is 0 Å². The SMILES string of the molecule is C=C1C[C@H](CCC)OC1CC[C@H]1C[C@@H](C)C(=C)C(C[C@@H]2OC3C[C@@H](C)[C@@H](CCC)O[C@H]3[C@H](C)[C@H]2OCc2ccc(OC)cc2)O1. The van der Waals surface area contributed by atoms with Gasteiger partial charge in [0.05, 0.1) is 68.7 Å². The molecule has 1 aromatic carbocycles. The Morgan fingerprint density at radius 3 is 2.24 bits per heavy atom. The van der Waals surface area contributed by atoms with Gasteiger partial charge in [-0.25, -0.2) is 0 Å². The van der Waals surface area contributed by atoms with E-state index in [0.717, 1.165) is 75.5 Å². The topological polar surface area (TPSA) is 55.4 Å². The van der Waals surface area contributed by atoms with Crippen LogP contribution in [0.25, 0.3) is 0 Å². The Bertz CT molecular complexity index is 1100. The normalized spacial score (nSPS) is 38.7. The first-order valence-corrected chi connectivity index (χ1v) is 17.9. The number of benzene rings is 1. The zero-order chi connectivity index (χ0) is 32.1. The van der Waals surface area contributed by atoms with Gasteiger partial charge < -0.3 is 28.4 Å². The first-order chi connectivity index (χ1) is 21.7. The number of fused-ring (bicyclic) bond motifs is 1. The highest BCUT2D eigenvalue weighted by molar-refractivity contribution is 5.26. The average Bonchev–Trinajstić information content (AvgIpc) is 3.38. The molecule has 0 amide bonds. The van der Waals surface area contributed by atoms with Crippen molar-refractivity contribution in [1.29, 1.82) is 0 Å². The largest absolute Gasteiger partial charge is 0.497 e. The average molecular weight is 625 g/mol. The van der Waals surface area contributed by atoms with Gasteiger partial charge >= 0.3 is 0 Å². The summed E-state index contributed by atoms with van der Waals surface area (Å²) in [5.41, 5.74) is 3.55. The van der Waals surface area contributed by atoms with Crippen molar-refractivity contribution >= 4 is 0 Å². The molecule has 4 heterocycles. The van der Waals surface area contributed by atoms with E-state index in [4.69, 9.17) is 28.4 Å². The highest BCUT2D eigenvalue weighted by Gasteiger charge is 2.50. The minimum Gasteiger partial charge on any atom is -0.497 e. The molecule has 45 heavy (non-hydrogen) atoms. The minimum absolute atomic E-state index is 0.0352. The quantitative estimate of drug-likeness (QED) is 0.205. The van der Waals surface area contributed by atoms with Crippen LogP contribution in [0.3, 0.4) is 0 Å². The maximum absolute atomic E-state index is 6.98. The van der Waals surface area contributed by atoms with Crippen molar-refractivity contribution < 1.29 is 28.4 Å². The zero-order valence-electron chi connectivity index (χ0n) is 28.9. The molecule has 6 heteroatoms. The van der Waals surface area contributed by atoms with Gasteiger partial charge in [-0.2, -0.15) is 0 Å². The monoisotopic (exact) mass is 624 g/mol. The third-order valence-electron chi connectivity index (χ3n) is 11.0. The van der Waals surface area contributed by atoms with Crippen LogP contribution in [0.4, 0.5) is 0 Å². The van der Waals surface area contributed by atoms with Gasteiger partial charge in [-0.05, 0) is 85.6 Å². The number of methoxy groups -OCH3 is 1. The summed E-state index contributed by atoms with van der Waals surface area (Å²) in [6.45, 7) is 20.8. The second-order valence-corrected chi connectivity index (χ2v) is 14.5. The van der Waals surface area contributed by atoms with E-state index in [9.17, 15) is 0 Å². The van der Waals surface area contributed by atoms with Crippen LogP contribution in [0.5, 0.6) is 5.75 Å². The molecule has 252 valence electrons. The molecule has 0 aliphatic carbocycles. The summed E-state index contributed by atoms with van der Waals surface area (Å²) in [5, 5.41) is 0. The van der Waals surface area contributed by atoms with E-state index >= 15 is 0 Å². The molecule has 6 nitrogen and oxygen atoms in total. The fourth-order valence-corrected chi connectivity index (χ4v) is 8.24. The summed E-state index contributed by atoms with van der Waals surface area (Å²) in [6, 6.07) is 8.13. The van der Waals surface area contributed by atoms with Gasteiger partial charge in [0.15, 0.2) is 0 Å². The summed E-state index contributed by atoms with van der Waals surface area (Å²) in [7, 11) is 1.69. The Hall–Kier alpha value is -1.70. The molecule has 12 atom stereocenters. The highest BCUT2D eigenvalue weighted by Crippen LogP contribution is 2.43. The van der Waals surface area contributed by atoms with Gasteiger partial charge in [0, 0.05) is 12.3 Å². The number of ether oxygens (including phenoxy) is 6. The maximum Gasteiger partial charge on any atom is 0.118 e. The standard InChI is InChI=1S/C39H60O6/c1-9-11-31-20-25(4)34(42-31)18-17-32-19-24(3)27(6)35(43-32)22-37-38(41-23-29-13-15-30(40-8)16-14-29)28(7)39-36(44-37)21-26(5)33(45-39)12-10-2/h13-16,24,26,28,31-39H,4,6,9-12,17-23H2,1-3,5,7-8H3/t24-,26-,28-,31+,32+,33-,34?,35?,36?,37+,38-,39+/m1/s1. The van der Waals surface area contributed by atoms with Gasteiger partial charge in [0.1, 0.15) is 5.75 Å². The van der Waals surface area contributed by atoms with Crippen molar-refractivity contribution in [2.75, 3.05) is 7.11 Å². The van der Waals surface area contributed by atoms with E-state index in [2.05, 4.69) is 59.9 Å². The number of hydrogen-bond acceptors (Lipinski definition) is 6. The highest BCUT2D eigenvalue weighted by atomic mass is 16.6. The lowest BCUT2D eigenvalue weighted by molar-refractivity contribution is -0.269. The van der Waals surface area contributed by atoms with E-state index in [-0.39, 0.29) is 54.7 Å². The van der Waals surface area contributed by atoms with Crippen LogP contribution in [-0.2, 0) is 30.3 Å². The fraction of sp³-hybridized carbons (Fsp3) is 0.744. The van der Waals surface area contributed by atoms with Crippen LogP contribution in [0, 0.1) is 17.8 Å². The van der Waals surface area contributed by atoms with Crippen LogP contribution < -0.4 is 4.74 Å². The molecule has 0 N–H and O–H groups in total. The summed E-state index contributed by atoms with van der Waals surface area (Å²) in [5.74, 6) is 1.92. The van der Waals surface area contributed by atoms with Crippen LogP contribution in [-0.4, -0.2) is 62.0 Å². The van der Waals surface area contributed by atoms with Gasteiger partial charge in [0.2, 0.25) is 0 Å². The van der Waals surface area contributed by atoms with E-state index in [1.54, 1.807) is 7.11 Å². The molecule has 0 aromatic heterocycles. The van der Waals surface area contributed by atoms with Crippen molar-refractivity contribution in [2.24, 2.45) is 17.8 Å². The molecule has 0 saturated carbocycles. The molecule has 4 saturated heterocycles. The molecule has 0 spiro atoms. The maximum atomic E-state index is 6.98. The second kappa shape index (κ2) is 15.9. The molecule has 4 aliphatic rings. The third-order valence-corrected chi connectivity index (χ3v) is 11.0. The van der Waals surface area contributed by atoms with Gasteiger partial charge in [-0.15, -0.1) is 0 Å². The van der Waals surface area contributed by atoms with E-state index in [1.165, 1.54) is 11.1 Å². The molecule has 4 aliphatic heterocycles. The van der Waals surface area contributed by atoms with Gasteiger partial charge in [-0.3, -0.25) is 0 Å². The molecule has 1 aromatic rings. The molecule has 5 rings (SSSR count).